The van der Waals surface area contributed by atoms with Gasteiger partial charge in [-0.2, -0.15) is 15.3 Å². The fraction of sp³-hybridized carbons (Fsp3) is 0.385. The first-order valence-corrected chi connectivity index (χ1v) is 11.7. The van der Waals surface area contributed by atoms with Crippen LogP contribution in [0, 0.1) is 19.3 Å². The summed E-state index contributed by atoms with van der Waals surface area (Å²) in [5, 5.41) is 16.9. The third kappa shape index (κ3) is 3.58. The number of hydrogen-bond donors (Lipinski definition) is 1. The average molecular weight is 457 g/mol. The highest BCUT2D eigenvalue weighted by atomic mass is 16.5. The highest BCUT2D eigenvalue weighted by Crippen LogP contribution is 2.40. The second-order valence-corrected chi connectivity index (χ2v) is 9.63. The van der Waals surface area contributed by atoms with Crippen molar-refractivity contribution in [1.82, 2.24) is 25.4 Å². The molecule has 5 heterocycles. The molecule has 174 valence electrons. The summed E-state index contributed by atoms with van der Waals surface area (Å²) in [4.78, 5) is 7.06. The Morgan fingerprint density at radius 2 is 2.03 bits per heavy atom. The molecule has 2 aliphatic heterocycles. The van der Waals surface area contributed by atoms with Crippen LogP contribution in [0.5, 0.6) is 5.75 Å². The van der Waals surface area contributed by atoms with E-state index in [1.807, 2.05) is 45.2 Å². The molecule has 0 aliphatic carbocycles. The zero-order valence-corrected chi connectivity index (χ0v) is 19.7. The molecule has 8 nitrogen and oxygen atoms in total. The summed E-state index contributed by atoms with van der Waals surface area (Å²) in [7, 11) is 0. The van der Waals surface area contributed by atoms with Crippen LogP contribution >= 0.6 is 0 Å². The van der Waals surface area contributed by atoms with Crippen molar-refractivity contribution in [2.24, 2.45) is 5.41 Å². The van der Waals surface area contributed by atoms with Crippen LogP contribution in [0.2, 0.25) is 0 Å². The van der Waals surface area contributed by atoms with Crippen LogP contribution in [-0.4, -0.2) is 51.7 Å². The lowest BCUT2D eigenvalue weighted by atomic mass is 9.79. The molecule has 0 amide bonds. The molecule has 0 saturated carbocycles. The molecule has 0 bridgehead atoms. The first kappa shape index (κ1) is 21.0. The molecule has 1 N–H and O–H groups in total. The van der Waals surface area contributed by atoms with Crippen molar-refractivity contribution in [3.05, 3.63) is 59.5 Å². The number of nitrogens with one attached hydrogen (secondary N) is 1. The quantitative estimate of drug-likeness (QED) is 0.476. The van der Waals surface area contributed by atoms with Crippen molar-refractivity contribution in [3.8, 4) is 17.0 Å². The number of nitrogens with zero attached hydrogens (tertiary/aromatic N) is 5. The number of H-pyrrole nitrogens is 1. The lowest BCUT2D eigenvalue weighted by Gasteiger charge is -2.47. The Labute approximate surface area is 198 Å². The van der Waals surface area contributed by atoms with Crippen LogP contribution in [0.4, 0.5) is 5.82 Å². The number of rotatable bonds is 5. The van der Waals surface area contributed by atoms with E-state index < -0.39 is 0 Å². The summed E-state index contributed by atoms with van der Waals surface area (Å²) in [5.74, 6) is 1.79. The van der Waals surface area contributed by atoms with Gasteiger partial charge in [0.15, 0.2) is 0 Å². The fourth-order valence-electron chi connectivity index (χ4n) is 5.31. The van der Waals surface area contributed by atoms with Gasteiger partial charge in [-0.15, -0.1) is 0 Å². The number of aromatic nitrogens is 5. The Balaban J connectivity index is 1.23. The second-order valence-electron chi connectivity index (χ2n) is 9.63. The van der Waals surface area contributed by atoms with E-state index >= 15 is 0 Å². The molecule has 1 aromatic carbocycles. The number of benzene rings is 1. The molecule has 1 atom stereocenters. The van der Waals surface area contributed by atoms with Gasteiger partial charge in [-0.05, 0) is 63.1 Å². The molecular formula is C26H28N6O2. The molecule has 6 rings (SSSR count). The minimum Gasteiger partial charge on any atom is -0.486 e. The van der Waals surface area contributed by atoms with Gasteiger partial charge in [0.1, 0.15) is 23.4 Å². The molecule has 34 heavy (non-hydrogen) atoms. The van der Waals surface area contributed by atoms with Crippen molar-refractivity contribution in [2.75, 3.05) is 31.2 Å². The first-order valence-electron chi connectivity index (χ1n) is 11.7. The van der Waals surface area contributed by atoms with E-state index in [4.69, 9.17) is 14.5 Å². The Hall–Kier alpha value is -3.52. The highest BCUT2D eigenvalue weighted by Gasteiger charge is 2.46. The van der Waals surface area contributed by atoms with Gasteiger partial charge in [-0.25, -0.2) is 4.98 Å². The zero-order valence-electron chi connectivity index (χ0n) is 19.7. The fourth-order valence-corrected chi connectivity index (χ4v) is 5.31. The standard InChI is InChI=1S/C26H28N6O2/c1-16-11-28-29-17(2)24(16)18(3)34-20-5-6-22-21(10-20)25(31-30-22)19-4-7-23(27-12-19)32-13-26(14-32)8-9-33-15-26/h4-7,10-12,18H,8-9,13-15H2,1-3H3,(H,30,31)/t18-/m1/s1. The normalized spacial score (nSPS) is 17.8. The van der Waals surface area contributed by atoms with Gasteiger partial charge in [0, 0.05) is 47.8 Å². The van der Waals surface area contributed by atoms with Crippen molar-refractivity contribution in [3.63, 3.8) is 0 Å². The monoisotopic (exact) mass is 456 g/mol. The van der Waals surface area contributed by atoms with Crippen molar-refractivity contribution in [1.29, 1.82) is 0 Å². The van der Waals surface area contributed by atoms with E-state index in [0.717, 1.165) is 83.3 Å². The predicted molar refractivity (Wildman–Crippen MR) is 130 cm³/mol. The van der Waals surface area contributed by atoms with E-state index in [1.165, 1.54) is 0 Å². The number of pyridine rings is 1. The zero-order chi connectivity index (χ0) is 23.3. The van der Waals surface area contributed by atoms with Gasteiger partial charge in [-0.3, -0.25) is 5.10 Å². The number of fused-ring (bicyclic) bond motifs is 1. The van der Waals surface area contributed by atoms with Gasteiger partial charge in [-0.1, -0.05) is 0 Å². The molecule has 3 aromatic heterocycles. The SMILES string of the molecule is Cc1cnnc(C)c1[C@@H](C)Oc1ccc2[nH]nc(-c3ccc(N4CC5(CCOC5)C4)nc3)c2c1. The molecule has 4 aromatic rings. The molecule has 0 radical (unpaired) electrons. The summed E-state index contributed by atoms with van der Waals surface area (Å²) < 4.78 is 11.9. The Morgan fingerprint density at radius 3 is 2.76 bits per heavy atom. The highest BCUT2D eigenvalue weighted by molar-refractivity contribution is 5.93. The van der Waals surface area contributed by atoms with Gasteiger partial charge in [0.05, 0.1) is 24.0 Å². The molecule has 2 aliphatic rings. The summed E-state index contributed by atoms with van der Waals surface area (Å²) in [6, 6.07) is 10.2. The van der Waals surface area contributed by atoms with Gasteiger partial charge in [0.2, 0.25) is 0 Å². The predicted octanol–water partition coefficient (Wildman–Crippen LogP) is 4.40. The van der Waals surface area contributed by atoms with Crippen molar-refractivity contribution < 1.29 is 9.47 Å². The molecule has 0 unspecified atom stereocenters. The third-order valence-corrected chi connectivity index (χ3v) is 7.11. The van der Waals surface area contributed by atoms with Crippen molar-refractivity contribution in [2.45, 2.75) is 33.3 Å². The molecule has 2 fully saturated rings. The Morgan fingerprint density at radius 1 is 1.15 bits per heavy atom. The first-order chi connectivity index (χ1) is 16.5. The lowest BCUT2D eigenvalue weighted by molar-refractivity contribution is 0.131. The van der Waals surface area contributed by atoms with Crippen LogP contribution in [-0.2, 0) is 4.74 Å². The topological polar surface area (TPSA) is 89.1 Å². The average Bonchev–Trinajstić information content (AvgIpc) is 3.46. The van der Waals surface area contributed by atoms with E-state index in [2.05, 4.69) is 37.4 Å². The van der Waals surface area contributed by atoms with Crippen LogP contribution in [0.25, 0.3) is 22.2 Å². The summed E-state index contributed by atoms with van der Waals surface area (Å²) >= 11 is 0. The van der Waals surface area contributed by atoms with E-state index in [0.29, 0.717) is 5.41 Å². The summed E-state index contributed by atoms with van der Waals surface area (Å²) in [6.45, 7) is 9.84. The maximum Gasteiger partial charge on any atom is 0.128 e. The Bertz CT molecular complexity index is 1320. The number of ether oxygens (including phenoxy) is 2. The molecule has 2 saturated heterocycles. The summed E-state index contributed by atoms with van der Waals surface area (Å²) in [5.41, 5.74) is 6.18. The van der Waals surface area contributed by atoms with Gasteiger partial charge < -0.3 is 14.4 Å². The van der Waals surface area contributed by atoms with E-state index in [9.17, 15) is 0 Å². The summed E-state index contributed by atoms with van der Waals surface area (Å²) in [6.07, 6.45) is 4.69. The number of anilines is 1. The minimum absolute atomic E-state index is 0.144. The van der Waals surface area contributed by atoms with E-state index in [1.54, 1.807) is 6.20 Å². The van der Waals surface area contributed by atoms with Gasteiger partial charge >= 0.3 is 0 Å². The largest absolute Gasteiger partial charge is 0.486 e. The number of aromatic amines is 1. The Kier molecular flexibility index (Phi) is 4.99. The van der Waals surface area contributed by atoms with Crippen LogP contribution in [0.15, 0.2) is 42.7 Å². The minimum atomic E-state index is -0.144. The second kappa shape index (κ2) is 8.06. The van der Waals surface area contributed by atoms with Crippen molar-refractivity contribution >= 4 is 16.7 Å². The maximum absolute atomic E-state index is 6.31. The van der Waals surface area contributed by atoms with Crippen LogP contribution in [0.3, 0.4) is 0 Å². The molecule has 8 heteroatoms. The number of hydrogen-bond acceptors (Lipinski definition) is 7. The third-order valence-electron chi connectivity index (χ3n) is 7.11. The van der Waals surface area contributed by atoms with Crippen LogP contribution in [0.1, 0.15) is 36.3 Å². The molecule has 1 spiro atoms. The lowest BCUT2D eigenvalue weighted by Crippen LogP contribution is -2.57. The maximum atomic E-state index is 6.31. The molecular weight excluding hydrogens is 428 g/mol. The van der Waals surface area contributed by atoms with Crippen LogP contribution < -0.4 is 9.64 Å². The van der Waals surface area contributed by atoms with Gasteiger partial charge in [0.25, 0.3) is 0 Å². The smallest absolute Gasteiger partial charge is 0.128 e. The number of aryl methyl sites for hydroxylation is 2. The van der Waals surface area contributed by atoms with E-state index in [-0.39, 0.29) is 6.10 Å².